The minimum Gasteiger partial charge on any atom is -0.330 e. The van der Waals surface area contributed by atoms with Gasteiger partial charge in [0.1, 0.15) is 5.82 Å². The van der Waals surface area contributed by atoms with Gasteiger partial charge in [-0.05, 0) is 20.5 Å². The molecule has 0 radical (unpaired) electrons. The molecular weight excluding hydrogens is 262 g/mol. The lowest BCUT2D eigenvalue weighted by Crippen LogP contribution is -2.51. The Morgan fingerprint density at radius 1 is 1.29 bits per heavy atom. The number of nitrogens with one attached hydrogen (secondary N) is 1. The number of aromatic nitrogens is 2. The smallest absolute Gasteiger partial charge is 0.109 e. The van der Waals surface area contributed by atoms with E-state index in [1.54, 1.807) is 0 Å². The third-order valence-corrected chi connectivity index (χ3v) is 4.91. The summed E-state index contributed by atoms with van der Waals surface area (Å²) >= 11 is 0. The van der Waals surface area contributed by atoms with Crippen LogP contribution >= 0.6 is 0 Å². The van der Waals surface area contributed by atoms with Crippen molar-refractivity contribution in [3.8, 4) is 0 Å². The molecule has 1 fully saturated rings. The fourth-order valence-electron chi connectivity index (χ4n) is 3.57. The van der Waals surface area contributed by atoms with Gasteiger partial charge in [0.05, 0.1) is 5.69 Å². The summed E-state index contributed by atoms with van der Waals surface area (Å²) in [5.74, 6) is 1.30. The first kappa shape index (κ1) is 15.0. The molecule has 1 saturated heterocycles. The van der Waals surface area contributed by atoms with E-state index in [9.17, 15) is 0 Å². The molecule has 1 aromatic rings. The Morgan fingerprint density at radius 3 is 2.95 bits per heavy atom. The van der Waals surface area contributed by atoms with E-state index >= 15 is 0 Å². The Labute approximate surface area is 128 Å². The van der Waals surface area contributed by atoms with Crippen LogP contribution in [-0.4, -0.2) is 65.7 Å². The van der Waals surface area contributed by atoms with Crippen molar-refractivity contribution in [3.63, 3.8) is 0 Å². The molecule has 0 aromatic carbocycles. The summed E-state index contributed by atoms with van der Waals surface area (Å²) in [6.07, 6.45) is 3.39. The van der Waals surface area contributed by atoms with Crippen molar-refractivity contribution in [2.24, 2.45) is 0 Å². The summed E-state index contributed by atoms with van der Waals surface area (Å²) in [4.78, 5) is 9.89. The largest absolute Gasteiger partial charge is 0.330 e. The summed E-state index contributed by atoms with van der Waals surface area (Å²) in [5, 5.41) is 3.45. The highest BCUT2D eigenvalue weighted by atomic mass is 15.3. The zero-order valence-electron chi connectivity index (χ0n) is 13.7. The van der Waals surface area contributed by atoms with E-state index in [1.807, 2.05) is 0 Å². The van der Waals surface area contributed by atoms with Gasteiger partial charge in [-0.25, -0.2) is 4.98 Å². The van der Waals surface area contributed by atoms with Crippen LogP contribution < -0.4 is 5.32 Å². The lowest BCUT2D eigenvalue weighted by molar-refractivity contribution is 0.102. The molecule has 0 aliphatic carbocycles. The van der Waals surface area contributed by atoms with Gasteiger partial charge in [0.25, 0.3) is 0 Å². The van der Waals surface area contributed by atoms with Gasteiger partial charge in [-0.1, -0.05) is 6.92 Å². The quantitative estimate of drug-likeness (QED) is 0.887. The highest BCUT2D eigenvalue weighted by Gasteiger charge is 2.26. The first-order chi connectivity index (χ1) is 10.2. The Kier molecular flexibility index (Phi) is 4.62. The van der Waals surface area contributed by atoms with Crippen molar-refractivity contribution in [1.82, 2.24) is 24.7 Å². The molecule has 0 bridgehead atoms. The van der Waals surface area contributed by atoms with Crippen molar-refractivity contribution >= 4 is 0 Å². The first-order valence-electron chi connectivity index (χ1n) is 8.35. The Morgan fingerprint density at radius 2 is 2.14 bits per heavy atom. The predicted octanol–water partition coefficient (Wildman–Crippen LogP) is 0.727. The normalized spacial score (nSPS) is 24.2. The van der Waals surface area contributed by atoms with Gasteiger partial charge in [-0.3, -0.25) is 4.90 Å². The van der Waals surface area contributed by atoms with E-state index in [0.29, 0.717) is 6.04 Å². The molecule has 1 unspecified atom stereocenters. The van der Waals surface area contributed by atoms with Gasteiger partial charge in [-0.15, -0.1) is 0 Å². The monoisotopic (exact) mass is 291 g/mol. The van der Waals surface area contributed by atoms with Gasteiger partial charge >= 0.3 is 0 Å². The number of piperazine rings is 1. The number of hydrogen-bond donors (Lipinski definition) is 1. The van der Waals surface area contributed by atoms with Crippen LogP contribution in [0.2, 0.25) is 0 Å². The van der Waals surface area contributed by atoms with E-state index < -0.39 is 0 Å². The first-order valence-corrected chi connectivity index (χ1v) is 8.35. The summed E-state index contributed by atoms with van der Waals surface area (Å²) in [6.45, 7) is 8.89. The summed E-state index contributed by atoms with van der Waals surface area (Å²) in [7, 11) is 4.50. The van der Waals surface area contributed by atoms with E-state index in [2.05, 4.69) is 40.7 Å². The Balaban J connectivity index is 1.84. The predicted molar refractivity (Wildman–Crippen MR) is 85.5 cm³/mol. The summed E-state index contributed by atoms with van der Waals surface area (Å²) in [6, 6.07) is 0.604. The maximum absolute atomic E-state index is 4.92. The van der Waals surface area contributed by atoms with Gasteiger partial charge in [0.15, 0.2) is 0 Å². The van der Waals surface area contributed by atoms with E-state index in [0.717, 1.165) is 39.0 Å². The number of fused-ring (bicyclic) bond motifs is 1. The molecule has 1 atom stereocenters. The highest BCUT2D eigenvalue weighted by molar-refractivity contribution is 5.21. The molecule has 5 nitrogen and oxygen atoms in total. The second kappa shape index (κ2) is 6.46. The third-order valence-electron chi connectivity index (χ3n) is 4.91. The van der Waals surface area contributed by atoms with Gasteiger partial charge < -0.3 is 14.8 Å². The topological polar surface area (TPSA) is 36.3 Å². The van der Waals surface area contributed by atoms with Crippen molar-refractivity contribution in [3.05, 3.63) is 17.2 Å². The maximum atomic E-state index is 4.92. The minimum atomic E-state index is 0.604. The Hall–Kier alpha value is -0.910. The molecule has 2 aliphatic rings. The molecule has 0 saturated carbocycles. The van der Waals surface area contributed by atoms with Crippen LogP contribution in [0.5, 0.6) is 0 Å². The van der Waals surface area contributed by atoms with Crippen LogP contribution in [0.4, 0.5) is 0 Å². The van der Waals surface area contributed by atoms with Crippen molar-refractivity contribution in [1.29, 1.82) is 0 Å². The van der Waals surface area contributed by atoms with E-state index in [1.165, 1.54) is 36.7 Å². The molecule has 118 valence electrons. The van der Waals surface area contributed by atoms with E-state index in [-0.39, 0.29) is 0 Å². The van der Waals surface area contributed by atoms with Crippen molar-refractivity contribution in [2.75, 3.05) is 40.3 Å². The van der Waals surface area contributed by atoms with Crippen LogP contribution in [0.15, 0.2) is 0 Å². The minimum absolute atomic E-state index is 0.604. The van der Waals surface area contributed by atoms with Crippen LogP contribution in [-0.2, 0) is 25.9 Å². The number of hydrogen-bond acceptors (Lipinski definition) is 4. The average Bonchev–Trinajstić information content (AvgIpc) is 2.81. The second-order valence-corrected chi connectivity index (χ2v) is 6.61. The molecule has 5 heteroatoms. The summed E-state index contributed by atoms with van der Waals surface area (Å²) < 4.78 is 2.54. The average molecular weight is 291 g/mol. The van der Waals surface area contributed by atoms with Crippen LogP contribution in [0.3, 0.4) is 0 Å². The lowest BCUT2D eigenvalue weighted by atomic mass is 10.1. The molecule has 3 rings (SSSR count). The number of likely N-dealkylation sites (N-methyl/N-ethyl adjacent to an activating group) is 2. The summed E-state index contributed by atoms with van der Waals surface area (Å²) in [5.41, 5.74) is 2.77. The van der Waals surface area contributed by atoms with Crippen LogP contribution in [0.25, 0.3) is 0 Å². The second-order valence-electron chi connectivity index (χ2n) is 6.61. The number of imidazole rings is 1. The molecule has 2 aliphatic heterocycles. The zero-order chi connectivity index (χ0) is 14.8. The van der Waals surface area contributed by atoms with Gasteiger partial charge in [0, 0.05) is 63.8 Å². The maximum Gasteiger partial charge on any atom is 0.109 e. The molecule has 0 amide bonds. The number of nitrogens with zero attached hydrogens (tertiary/aromatic N) is 4. The van der Waals surface area contributed by atoms with Crippen molar-refractivity contribution in [2.45, 2.75) is 45.3 Å². The number of rotatable bonds is 4. The van der Waals surface area contributed by atoms with E-state index in [4.69, 9.17) is 4.98 Å². The standard InChI is InChI=1S/C16H29N5/c1-4-5-16-18-14-10-17-7-6-15(14)21(16)12-13-11-19(2)8-9-20(13)3/h13,17H,4-12H2,1-3H3. The SMILES string of the molecule is CCCc1nc2c(n1CC1CN(C)CCN1C)CCNC2. The third kappa shape index (κ3) is 3.15. The van der Waals surface area contributed by atoms with Gasteiger partial charge in [-0.2, -0.15) is 0 Å². The molecule has 1 aromatic heterocycles. The lowest BCUT2D eigenvalue weighted by Gasteiger charge is -2.38. The highest BCUT2D eigenvalue weighted by Crippen LogP contribution is 2.20. The van der Waals surface area contributed by atoms with Crippen LogP contribution in [0.1, 0.15) is 30.6 Å². The number of aryl methyl sites for hydroxylation is 1. The van der Waals surface area contributed by atoms with Gasteiger partial charge in [0.2, 0.25) is 0 Å². The van der Waals surface area contributed by atoms with Crippen molar-refractivity contribution < 1.29 is 0 Å². The molecular formula is C16H29N5. The molecule has 21 heavy (non-hydrogen) atoms. The fourth-order valence-corrected chi connectivity index (χ4v) is 3.57. The molecule has 1 N–H and O–H groups in total. The zero-order valence-corrected chi connectivity index (χ0v) is 13.7. The van der Waals surface area contributed by atoms with Crippen LogP contribution in [0, 0.1) is 0 Å². The Bertz CT molecular complexity index is 481. The molecule has 0 spiro atoms. The molecule has 3 heterocycles. The fraction of sp³-hybridized carbons (Fsp3) is 0.812.